The highest BCUT2D eigenvalue weighted by molar-refractivity contribution is 5.83. The van der Waals surface area contributed by atoms with E-state index in [0.717, 1.165) is 13.1 Å². The van der Waals surface area contributed by atoms with Gasteiger partial charge in [-0.25, -0.2) is 0 Å². The van der Waals surface area contributed by atoms with Gasteiger partial charge in [0.25, 0.3) is 0 Å². The molecule has 0 bridgehead atoms. The molecule has 0 aromatic heterocycles. The normalized spacial score (nSPS) is 23.5. The number of carbonyl (C=O) groups is 1. The Morgan fingerprint density at radius 3 is 2.40 bits per heavy atom. The van der Waals surface area contributed by atoms with Crippen molar-refractivity contribution in [3.05, 3.63) is 0 Å². The van der Waals surface area contributed by atoms with Crippen molar-refractivity contribution < 1.29 is 4.79 Å². The van der Waals surface area contributed by atoms with Gasteiger partial charge in [-0.1, -0.05) is 0 Å². The van der Waals surface area contributed by atoms with Gasteiger partial charge in [-0.15, -0.1) is 0 Å². The average Bonchev–Trinajstić information content (AvgIpc) is 1.83. The molecule has 0 aromatic carbocycles. The molecule has 58 valence electrons. The first-order valence-corrected chi connectivity index (χ1v) is 3.49. The molecule has 0 radical (unpaired) electrons. The second kappa shape index (κ2) is 2.23. The highest BCUT2D eigenvalue weighted by atomic mass is 16.2. The molecule has 0 unspecified atom stereocenters. The summed E-state index contributed by atoms with van der Waals surface area (Å²) >= 11 is 0. The minimum Gasteiger partial charge on any atom is -0.359 e. The van der Waals surface area contributed by atoms with Crippen LogP contribution in [0.5, 0.6) is 0 Å². The van der Waals surface area contributed by atoms with Crippen molar-refractivity contribution >= 4 is 5.91 Å². The Morgan fingerprint density at radius 1 is 1.60 bits per heavy atom. The van der Waals surface area contributed by atoms with E-state index in [1.165, 1.54) is 0 Å². The quantitative estimate of drug-likeness (QED) is 0.544. The number of rotatable bonds is 1. The first-order valence-electron chi connectivity index (χ1n) is 3.49. The lowest BCUT2D eigenvalue weighted by molar-refractivity contribution is -0.138. The maximum Gasteiger partial charge on any atom is 0.228 e. The number of hydrogen-bond acceptors (Lipinski definition) is 2. The molecule has 3 nitrogen and oxygen atoms in total. The number of nitrogens with zero attached hydrogens (tertiary/aromatic N) is 1. The minimum absolute atomic E-state index is 0.122. The van der Waals surface area contributed by atoms with Gasteiger partial charge in [-0.3, -0.25) is 4.79 Å². The Bertz CT molecular complexity index is 150. The van der Waals surface area contributed by atoms with Gasteiger partial charge in [0.15, 0.2) is 0 Å². The summed E-state index contributed by atoms with van der Waals surface area (Å²) in [5.74, 6) is 0.158. The zero-order valence-electron chi connectivity index (χ0n) is 6.77. The predicted octanol–water partition coefficient (Wildman–Crippen LogP) is -0.316. The Balaban J connectivity index is 2.48. The van der Waals surface area contributed by atoms with Gasteiger partial charge in [0.2, 0.25) is 5.91 Å². The Kier molecular flexibility index (Phi) is 1.68. The molecule has 1 aliphatic rings. The van der Waals surface area contributed by atoms with Gasteiger partial charge in [0.05, 0.1) is 5.41 Å². The molecule has 0 saturated carbocycles. The summed E-state index contributed by atoms with van der Waals surface area (Å²) in [6.07, 6.45) is 0. The third-order valence-electron chi connectivity index (χ3n) is 2.01. The summed E-state index contributed by atoms with van der Waals surface area (Å²) in [7, 11) is 3.70. The standard InChI is InChI=1S/C7H14N2O/c1-7(6(10)8-2)4-9(3)5-7/h4-5H2,1-3H3,(H,8,10). The number of nitrogens with one attached hydrogen (secondary N) is 1. The molecule has 1 N–H and O–H groups in total. The van der Waals surface area contributed by atoms with Crippen LogP contribution in [0.1, 0.15) is 6.92 Å². The summed E-state index contributed by atoms with van der Waals surface area (Å²) in [5.41, 5.74) is -0.122. The van der Waals surface area contributed by atoms with Crippen molar-refractivity contribution in [2.75, 3.05) is 27.2 Å². The van der Waals surface area contributed by atoms with Gasteiger partial charge in [-0.05, 0) is 14.0 Å². The first-order chi connectivity index (χ1) is 4.58. The zero-order chi connectivity index (χ0) is 7.78. The maximum atomic E-state index is 11.1. The van der Waals surface area contributed by atoms with Crippen molar-refractivity contribution in [2.24, 2.45) is 5.41 Å². The van der Waals surface area contributed by atoms with Crippen LogP contribution in [0.3, 0.4) is 0 Å². The monoisotopic (exact) mass is 142 g/mol. The number of amides is 1. The van der Waals surface area contributed by atoms with Crippen molar-refractivity contribution in [1.29, 1.82) is 0 Å². The van der Waals surface area contributed by atoms with Crippen LogP contribution in [0.2, 0.25) is 0 Å². The van der Waals surface area contributed by atoms with E-state index in [4.69, 9.17) is 0 Å². The van der Waals surface area contributed by atoms with Crippen molar-refractivity contribution in [1.82, 2.24) is 10.2 Å². The molecular formula is C7H14N2O. The molecule has 0 aliphatic carbocycles. The van der Waals surface area contributed by atoms with E-state index < -0.39 is 0 Å². The molecule has 1 amide bonds. The number of carbonyl (C=O) groups excluding carboxylic acids is 1. The van der Waals surface area contributed by atoms with E-state index in [9.17, 15) is 4.79 Å². The van der Waals surface area contributed by atoms with Crippen LogP contribution >= 0.6 is 0 Å². The Labute approximate surface area is 61.4 Å². The van der Waals surface area contributed by atoms with Gasteiger partial charge in [0.1, 0.15) is 0 Å². The smallest absolute Gasteiger partial charge is 0.228 e. The van der Waals surface area contributed by atoms with E-state index in [2.05, 4.69) is 10.2 Å². The van der Waals surface area contributed by atoms with Gasteiger partial charge < -0.3 is 10.2 Å². The third-order valence-corrected chi connectivity index (χ3v) is 2.01. The van der Waals surface area contributed by atoms with Crippen molar-refractivity contribution in [3.63, 3.8) is 0 Å². The zero-order valence-corrected chi connectivity index (χ0v) is 6.77. The average molecular weight is 142 g/mol. The van der Waals surface area contributed by atoms with E-state index in [-0.39, 0.29) is 11.3 Å². The maximum absolute atomic E-state index is 11.1. The molecule has 10 heavy (non-hydrogen) atoms. The summed E-state index contributed by atoms with van der Waals surface area (Å²) in [6, 6.07) is 0. The van der Waals surface area contributed by atoms with Crippen molar-refractivity contribution in [2.45, 2.75) is 6.92 Å². The van der Waals surface area contributed by atoms with Gasteiger partial charge in [0, 0.05) is 20.1 Å². The second-order valence-electron chi connectivity index (χ2n) is 3.31. The highest BCUT2D eigenvalue weighted by Gasteiger charge is 2.42. The van der Waals surface area contributed by atoms with Gasteiger partial charge in [-0.2, -0.15) is 0 Å². The van der Waals surface area contributed by atoms with Crippen LogP contribution in [0.25, 0.3) is 0 Å². The first kappa shape index (κ1) is 7.54. The number of likely N-dealkylation sites (tertiary alicyclic amines) is 1. The summed E-state index contributed by atoms with van der Waals surface area (Å²) in [6.45, 7) is 3.76. The molecule has 1 saturated heterocycles. The largest absolute Gasteiger partial charge is 0.359 e. The SMILES string of the molecule is CNC(=O)C1(C)CN(C)C1. The lowest BCUT2D eigenvalue weighted by Gasteiger charge is -2.44. The molecule has 0 aromatic rings. The molecule has 1 aliphatic heterocycles. The summed E-state index contributed by atoms with van der Waals surface area (Å²) in [5, 5.41) is 2.66. The van der Waals surface area contributed by atoms with Crippen LogP contribution in [0, 0.1) is 5.41 Å². The molecule has 0 spiro atoms. The second-order valence-corrected chi connectivity index (χ2v) is 3.31. The molecule has 3 heteroatoms. The lowest BCUT2D eigenvalue weighted by atomic mass is 9.81. The third kappa shape index (κ3) is 1.01. The summed E-state index contributed by atoms with van der Waals surface area (Å²) < 4.78 is 0. The topological polar surface area (TPSA) is 32.3 Å². The highest BCUT2D eigenvalue weighted by Crippen LogP contribution is 2.27. The fraction of sp³-hybridized carbons (Fsp3) is 0.857. The predicted molar refractivity (Wildman–Crippen MR) is 39.7 cm³/mol. The van der Waals surface area contributed by atoms with E-state index in [1.54, 1.807) is 7.05 Å². The molecule has 1 fully saturated rings. The Hall–Kier alpha value is -0.570. The number of hydrogen-bond donors (Lipinski definition) is 1. The van der Waals surface area contributed by atoms with E-state index in [0.29, 0.717) is 0 Å². The lowest BCUT2D eigenvalue weighted by Crippen LogP contribution is -2.59. The molecule has 1 rings (SSSR count). The molecule has 1 heterocycles. The van der Waals surface area contributed by atoms with E-state index in [1.807, 2.05) is 14.0 Å². The minimum atomic E-state index is -0.122. The molecular weight excluding hydrogens is 128 g/mol. The summed E-state index contributed by atoms with van der Waals surface area (Å²) in [4.78, 5) is 13.3. The van der Waals surface area contributed by atoms with E-state index >= 15 is 0 Å². The van der Waals surface area contributed by atoms with Gasteiger partial charge >= 0.3 is 0 Å². The fourth-order valence-electron chi connectivity index (χ4n) is 1.59. The van der Waals surface area contributed by atoms with Crippen LogP contribution in [0.4, 0.5) is 0 Å². The fourth-order valence-corrected chi connectivity index (χ4v) is 1.59. The van der Waals surface area contributed by atoms with Crippen LogP contribution in [-0.2, 0) is 4.79 Å². The molecule has 0 atom stereocenters. The van der Waals surface area contributed by atoms with Crippen LogP contribution < -0.4 is 5.32 Å². The van der Waals surface area contributed by atoms with Crippen LogP contribution in [-0.4, -0.2) is 38.0 Å². The van der Waals surface area contributed by atoms with Crippen LogP contribution in [0.15, 0.2) is 0 Å². The van der Waals surface area contributed by atoms with Crippen molar-refractivity contribution in [3.8, 4) is 0 Å². The Morgan fingerprint density at radius 2 is 2.10 bits per heavy atom.